The van der Waals surface area contributed by atoms with E-state index in [0.717, 1.165) is 21.0 Å². The normalized spacial score (nSPS) is 11.1. The number of hydrogen-bond donors (Lipinski definition) is 1. The standard InChI is InChI=1S/C29H28N2O4S/c1-21-18-22(2)29(23(3)19-21)30-28(32)20-31(36(33,34)27-12-8-5-9-13-27)24-14-16-26(17-15-24)35-25-10-6-4-7-11-25/h4-19H,20H2,1-3H3,(H,30,32). The van der Waals surface area contributed by atoms with Crippen LogP contribution in [0.15, 0.2) is 102 Å². The van der Waals surface area contributed by atoms with Gasteiger partial charge in [0, 0.05) is 5.69 Å². The number of ether oxygens (including phenoxy) is 1. The summed E-state index contributed by atoms with van der Waals surface area (Å²) >= 11 is 0. The molecular formula is C29H28N2O4S. The lowest BCUT2D eigenvalue weighted by atomic mass is 10.1. The van der Waals surface area contributed by atoms with E-state index in [9.17, 15) is 13.2 Å². The van der Waals surface area contributed by atoms with E-state index in [1.54, 1.807) is 42.5 Å². The SMILES string of the molecule is Cc1cc(C)c(NC(=O)CN(c2ccc(Oc3ccccc3)cc2)S(=O)(=O)c2ccccc2)c(C)c1. The molecule has 4 rings (SSSR count). The number of benzene rings is 4. The summed E-state index contributed by atoms with van der Waals surface area (Å²) in [6.07, 6.45) is 0. The van der Waals surface area contributed by atoms with Gasteiger partial charge in [0.2, 0.25) is 5.91 Å². The van der Waals surface area contributed by atoms with Gasteiger partial charge in [-0.25, -0.2) is 8.42 Å². The molecule has 0 heterocycles. The Morgan fingerprint density at radius 2 is 1.31 bits per heavy atom. The molecule has 0 unspecified atom stereocenters. The van der Waals surface area contributed by atoms with Crippen molar-refractivity contribution >= 4 is 27.3 Å². The minimum absolute atomic E-state index is 0.102. The fourth-order valence-corrected chi connectivity index (χ4v) is 5.47. The number of nitrogens with one attached hydrogen (secondary N) is 1. The van der Waals surface area contributed by atoms with Gasteiger partial charge in [0.15, 0.2) is 0 Å². The number of carbonyl (C=O) groups is 1. The third-order valence-corrected chi connectivity index (χ3v) is 7.45. The van der Waals surface area contributed by atoms with Crippen LogP contribution in [0, 0.1) is 20.8 Å². The molecule has 0 aliphatic heterocycles. The first-order valence-corrected chi connectivity index (χ1v) is 13.0. The minimum Gasteiger partial charge on any atom is -0.457 e. The fraction of sp³-hybridized carbons (Fsp3) is 0.138. The van der Waals surface area contributed by atoms with Crippen LogP contribution in [0.3, 0.4) is 0 Å². The first-order chi connectivity index (χ1) is 17.2. The number of para-hydroxylation sites is 1. The molecule has 0 aliphatic carbocycles. The summed E-state index contributed by atoms with van der Waals surface area (Å²) in [5.41, 5.74) is 3.97. The van der Waals surface area contributed by atoms with Crippen molar-refractivity contribution in [3.8, 4) is 11.5 Å². The Bertz CT molecular complexity index is 1430. The van der Waals surface area contributed by atoms with Gasteiger partial charge < -0.3 is 10.1 Å². The highest BCUT2D eigenvalue weighted by atomic mass is 32.2. The molecule has 6 nitrogen and oxygen atoms in total. The van der Waals surface area contributed by atoms with Gasteiger partial charge in [0.1, 0.15) is 18.0 Å². The molecule has 0 atom stereocenters. The average molecular weight is 501 g/mol. The summed E-state index contributed by atoms with van der Waals surface area (Å²) in [6, 6.07) is 28.0. The number of rotatable bonds is 8. The molecule has 36 heavy (non-hydrogen) atoms. The molecule has 0 fully saturated rings. The van der Waals surface area contributed by atoms with Crippen molar-refractivity contribution in [1.29, 1.82) is 0 Å². The van der Waals surface area contributed by atoms with Crippen LogP contribution < -0.4 is 14.4 Å². The Morgan fingerprint density at radius 3 is 1.89 bits per heavy atom. The van der Waals surface area contributed by atoms with E-state index in [2.05, 4.69) is 5.32 Å². The number of anilines is 2. The van der Waals surface area contributed by atoms with E-state index in [4.69, 9.17) is 4.74 Å². The molecule has 0 saturated carbocycles. The Hall–Kier alpha value is -4.10. The van der Waals surface area contributed by atoms with Gasteiger partial charge in [-0.3, -0.25) is 9.10 Å². The number of sulfonamides is 1. The first kappa shape index (κ1) is 25.0. The summed E-state index contributed by atoms with van der Waals surface area (Å²) in [5, 5.41) is 2.90. The monoisotopic (exact) mass is 500 g/mol. The molecule has 0 aromatic heterocycles. The smallest absolute Gasteiger partial charge is 0.264 e. The second-order valence-electron chi connectivity index (χ2n) is 8.56. The van der Waals surface area contributed by atoms with Crippen LogP contribution in [-0.2, 0) is 14.8 Å². The van der Waals surface area contributed by atoms with Gasteiger partial charge in [-0.2, -0.15) is 0 Å². The van der Waals surface area contributed by atoms with E-state index >= 15 is 0 Å². The molecule has 0 spiro atoms. The van der Waals surface area contributed by atoms with Crippen molar-refractivity contribution in [2.75, 3.05) is 16.2 Å². The van der Waals surface area contributed by atoms with Gasteiger partial charge in [0.25, 0.3) is 10.0 Å². The fourth-order valence-electron chi connectivity index (χ4n) is 4.03. The molecule has 0 aliphatic rings. The summed E-state index contributed by atoms with van der Waals surface area (Å²) in [4.78, 5) is 13.2. The maximum Gasteiger partial charge on any atom is 0.264 e. The zero-order chi connectivity index (χ0) is 25.7. The molecule has 0 bridgehead atoms. The summed E-state index contributed by atoms with van der Waals surface area (Å²) in [6.45, 7) is 5.44. The maximum atomic E-state index is 13.6. The van der Waals surface area contributed by atoms with Crippen molar-refractivity contribution in [3.63, 3.8) is 0 Å². The predicted octanol–water partition coefficient (Wildman–Crippen LogP) is 6.24. The molecular weight excluding hydrogens is 472 g/mol. The first-order valence-electron chi connectivity index (χ1n) is 11.5. The molecule has 184 valence electrons. The quantitative estimate of drug-likeness (QED) is 0.311. The molecule has 1 N–H and O–H groups in total. The van der Waals surface area contributed by atoms with E-state index in [-0.39, 0.29) is 11.4 Å². The Balaban J connectivity index is 1.64. The lowest BCUT2D eigenvalue weighted by molar-refractivity contribution is -0.114. The topological polar surface area (TPSA) is 75.7 Å². The van der Waals surface area contributed by atoms with Crippen LogP contribution in [-0.4, -0.2) is 20.9 Å². The second kappa shape index (κ2) is 10.7. The van der Waals surface area contributed by atoms with Gasteiger partial charge in [0.05, 0.1) is 10.6 Å². The van der Waals surface area contributed by atoms with Crippen LogP contribution in [0.2, 0.25) is 0 Å². The number of carbonyl (C=O) groups excluding carboxylic acids is 1. The van der Waals surface area contributed by atoms with Crippen molar-refractivity contribution in [2.24, 2.45) is 0 Å². The summed E-state index contributed by atoms with van der Waals surface area (Å²) in [7, 11) is -4.01. The Labute approximate surface area is 212 Å². The zero-order valence-corrected chi connectivity index (χ0v) is 21.2. The molecule has 4 aromatic rings. The minimum atomic E-state index is -4.01. The number of aryl methyl sites for hydroxylation is 3. The van der Waals surface area contributed by atoms with Gasteiger partial charge in [-0.1, -0.05) is 54.1 Å². The highest BCUT2D eigenvalue weighted by Gasteiger charge is 2.27. The lowest BCUT2D eigenvalue weighted by Crippen LogP contribution is -2.38. The van der Waals surface area contributed by atoms with Gasteiger partial charge >= 0.3 is 0 Å². The summed E-state index contributed by atoms with van der Waals surface area (Å²) < 4.78 is 34.1. The zero-order valence-electron chi connectivity index (χ0n) is 20.4. The van der Waals surface area contributed by atoms with Crippen LogP contribution in [0.4, 0.5) is 11.4 Å². The average Bonchev–Trinajstić information content (AvgIpc) is 2.86. The van der Waals surface area contributed by atoms with Crippen molar-refractivity contribution in [2.45, 2.75) is 25.7 Å². The molecule has 0 radical (unpaired) electrons. The van der Waals surface area contributed by atoms with Crippen molar-refractivity contribution < 1.29 is 17.9 Å². The van der Waals surface area contributed by atoms with Crippen LogP contribution in [0.1, 0.15) is 16.7 Å². The van der Waals surface area contributed by atoms with Gasteiger partial charge in [-0.05, 0) is 80.4 Å². The van der Waals surface area contributed by atoms with Crippen molar-refractivity contribution in [1.82, 2.24) is 0 Å². The van der Waals surface area contributed by atoms with E-state index in [0.29, 0.717) is 22.9 Å². The molecule has 7 heteroatoms. The summed E-state index contributed by atoms with van der Waals surface area (Å²) in [5.74, 6) is 0.786. The number of nitrogens with zero attached hydrogens (tertiary/aromatic N) is 1. The third-order valence-electron chi connectivity index (χ3n) is 5.66. The molecule has 1 amide bonds. The molecule has 4 aromatic carbocycles. The number of amides is 1. The van der Waals surface area contributed by atoms with Crippen LogP contribution >= 0.6 is 0 Å². The highest BCUT2D eigenvalue weighted by molar-refractivity contribution is 7.92. The number of hydrogen-bond acceptors (Lipinski definition) is 4. The van der Waals surface area contributed by atoms with E-state index in [1.807, 2.05) is 63.2 Å². The Morgan fingerprint density at radius 1 is 0.778 bits per heavy atom. The maximum absolute atomic E-state index is 13.6. The lowest BCUT2D eigenvalue weighted by Gasteiger charge is -2.25. The Kier molecular flexibility index (Phi) is 7.41. The van der Waals surface area contributed by atoms with E-state index in [1.165, 1.54) is 12.1 Å². The van der Waals surface area contributed by atoms with Gasteiger partial charge in [-0.15, -0.1) is 0 Å². The predicted molar refractivity (Wildman–Crippen MR) is 143 cm³/mol. The van der Waals surface area contributed by atoms with E-state index < -0.39 is 15.9 Å². The molecule has 0 saturated heterocycles. The van der Waals surface area contributed by atoms with Crippen LogP contribution in [0.25, 0.3) is 0 Å². The van der Waals surface area contributed by atoms with Crippen LogP contribution in [0.5, 0.6) is 11.5 Å². The largest absolute Gasteiger partial charge is 0.457 e. The third kappa shape index (κ3) is 5.75. The second-order valence-corrected chi connectivity index (χ2v) is 10.4. The van der Waals surface area contributed by atoms with Crippen molar-refractivity contribution in [3.05, 3.63) is 114 Å². The highest BCUT2D eigenvalue weighted by Crippen LogP contribution is 2.28.